The third-order valence-electron chi connectivity index (χ3n) is 3.85. The van der Waals surface area contributed by atoms with E-state index in [1.165, 1.54) is 0 Å². The van der Waals surface area contributed by atoms with E-state index in [4.69, 9.17) is 23.4 Å². The smallest absolute Gasteiger partial charge is 0 e. The van der Waals surface area contributed by atoms with Crippen molar-refractivity contribution < 1.29 is 45.6 Å². The first kappa shape index (κ1) is 30.5. The summed E-state index contributed by atoms with van der Waals surface area (Å²) in [5.74, 6) is -0.0452. The van der Waals surface area contributed by atoms with Crippen LogP contribution in [0, 0.1) is 20.0 Å². The molecule has 8 heteroatoms. The molecule has 2 aromatic carbocycles. The summed E-state index contributed by atoms with van der Waals surface area (Å²) in [5.41, 5.74) is 2.13. The Morgan fingerprint density at radius 1 is 0.871 bits per heavy atom. The summed E-state index contributed by atoms with van der Waals surface area (Å²) in [5, 5.41) is 0.987. The number of ketones is 1. The van der Waals surface area contributed by atoms with Gasteiger partial charge in [0.1, 0.15) is 0 Å². The minimum absolute atomic E-state index is 0. The van der Waals surface area contributed by atoms with E-state index in [1.807, 2.05) is 79.1 Å². The van der Waals surface area contributed by atoms with Gasteiger partial charge in [0.15, 0.2) is 0 Å². The van der Waals surface area contributed by atoms with E-state index in [0.29, 0.717) is 24.5 Å². The predicted molar refractivity (Wildman–Crippen MR) is 106 cm³/mol. The van der Waals surface area contributed by atoms with Gasteiger partial charge >= 0.3 is 33.9 Å². The summed E-state index contributed by atoms with van der Waals surface area (Å²) < 4.78 is 35.8. The fourth-order valence-electron chi connectivity index (χ4n) is 2.80. The van der Waals surface area contributed by atoms with Crippen LogP contribution >= 0.6 is 0 Å². The molecule has 0 spiro atoms. The van der Waals surface area contributed by atoms with Gasteiger partial charge in [-0.15, -0.1) is 0 Å². The molecule has 0 atom stereocenters. The van der Waals surface area contributed by atoms with Crippen LogP contribution in [0.25, 0.3) is 10.9 Å². The first-order chi connectivity index (χ1) is 14.8. The molecular formula is C23H21CrNO6. The SMILES string of the molecule is CCOC(OCC)n1c(C(=O)c2ccccc2)cc2ccccc21.[C-]#[O+].[C-]#[O+].[C-]#[O+].[Cr]. The Morgan fingerprint density at radius 3 is 1.87 bits per heavy atom. The molecule has 7 nitrogen and oxygen atoms in total. The number of benzene rings is 2. The summed E-state index contributed by atoms with van der Waals surface area (Å²) in [4.78, 5) is 13.0. The van der Waals surface area contributed by atoms with Gasteiger partial charge in [0, 0.05) is 41.5 Å². The quantitative estimate of drug-likeness (QED) is 0.228. The number of aromatic nitrogens is 1. The van der Waals surface area contributed by atoms with Crippen molar-refractivity contribution in [1.82, 2.24) is 4.57 Å². The van der Waals surface area contributed by atoms with Crippen LogP contribution in [0.4, 0.5) is 0 Å². The number of ether oxygens (including phenoxy) is 2. The van der Waals surface area contributed by atoms with E-state index in [9.17, 15) is 4.79 Å². The molecule has 0 saturated carbocycles. The minimum atomic E-state index is -0.623. The molecule has 0 amide bonds. The second-order valence-electron chi connectivity index (χ2n) is 5.37. The summed E-state index contributed by atoms with van der Waals surface area (Å²) in [6, 6.07) is 19.0. The van der Waals surface area contributed by atoms with Gasteiger partial charge in [0.25, 0.3) is 0 Å². The molecule has 0 aliphatic heterocycles. The fraction of sp³-hybridized carbons (Fsp3) is 0.217. The monoisotopic (exact) mass is 459 g/mol. The molecule has 31 heavy (non-hydrogen) atoms. The van der Waals surface area contributed by atoms with Crippen LogP contribution in [0.1, 0.15) is 36.3 Å². The summed E-state index contributed by atoms with van der Waals surface area (Å²) >= 11 is 0. The van der Waals surface area contributed by atoms with Gasteiger partial charge in [-0.3, -0.25) is 9.36 Å². The zero-order chi connectivity index (χ0) is 22.9. The standard InChI is InChI=1S/C20H21NO3.3CO.Cr/c1-3-23-20(24-4-2)21-17-13-9-8-12-16(17)14-18(21)19(22)15-10-6-5-7-11-15;3*1-2;/h5-14,20H,3-4H2,1-2H3;;;;. The minimum Gasteiger partial charge on any atom is 0 e. The largest absolute Gasteiger partial charge is 0 e. The van der Waals surface area contributed by atoms with E-state index in [2.05, 4.69) is 20.0 Å². The molecule has 3 aromatic rings. The fourth-order valence-corrected chi connectivity index (χ4v) is 2.80. The normalized spacial score (nSPS) is 8.94. The number of carbonyl (C=O) groups excluding carboxylic acids is 1. The Labute approximate surface area is 192 Å². The van der Waals surface area contributed by atoms with Crippen LogP contribution in [0.15, 0.2) is 60.7 Å². The van der Waals surface area contributed by atoms with E-state index in [1.54, 1.807) is 0 Å². The second-order valence-corrected chi connectivity index (χ2v) is 5.37. The van der Waals surface area contributed by atoms with Crippen molar-refractivity contribution in [2.24, 2.45) is 0 Å². The summed E-state index contributed by atoms with van der Waals surface area (Å²) in [6.07, 6.45) is -0.623. The van der Waals surface area contributed by atoms with Crippen molar-refractivity contribution in [3.8, 4) is 0 Å². The van der Waals surface area contributed by atoms with Gasteiger partial charge in [-0.25, -0.2) is 0 Å². The van der Waals surface area contributed by atoms with Crippen molar-refractivity contribution in [2.75, 3.05) is 13.2 Å². The van der Waals surface area contributed by atoms with Gasteiger partial charge in [0.05, 0.1) is 11.2 Å². The van der Waals surface area contributed by atoms with Crippen molar-refractivity contribution in [3.63, 3.8) is 0 Å². The van der Waals surface area contributed by atoms with E-state index in [0.717, 1.165) is 10.9 Å². The summed E-state index contributed by atoms with van der Waals surface area (Å²) in [7, 11) is 0. The molecule has 0 fully saturated rings. The van der Waals surface area contributed by atoms with Crippen LogP contribution in [-0.4, -0.2) is 23.6 Å². The molecule has 0 aliphatic rings. The Bertz CT molecular complexity index is 942. The van der Waals surface area contributed by atoms with Crippen molar-refractivity contribution in [2.45, 2.75) is 20.3 Å². The molecule has 0 radical (unpaired) electrons. The van der Waals surface area contributed by atoms with Crippen molar-refractivity contribution in [3.05, 3.63) is 91.9 Å². The first-order valence-corrected chi connectivity index (χ1v) is 8.80. The second kappa shape index (κ2) is 18.1. The molecule has 1 aromatic heterocycles. The van der Waals surface area contributed by atoms with Crippen LogP contribution in [0.5, 0.6) is 0 Å². The Balaban J connectivity index is 0. The number of fused-ring (bicyclic) bond motifs is 1. The third kappa shape index (κ3) is 8.16. The molecule has 160 valence electrons. The van der Waals surface area contributed by atoms with Gasteiger partial charge in [-0.1, -0.05) is 48.5 Å². The van der Waals surface area contributed by atoms with Crippen LogP contribution < -0.4 is 0 Å². The van der Waals surface area contributed by atoms with Gasteiger partial charge in [-0.05, 0) is 26.0 Å². The van der Waals surface area contributed by atoms with Crippen molar-refractivity contribution in [1.29, 1.82) is 0 Å². The van der Waals surface area contributed by atoms with Crippen LogP contribution in [-0.2, 0) is 40.8 Å². The predicted octanol–water partition coefficient (Wildman–Crippen LogP) is 4.29. The molecule has 0 aliphatic carbocycles. The average molecular weight is 459 g/mol. The number of nitrogens with zero attached hydrogens (tertiary/aromatic N) is 1. The number of hydrogen-bond donors (Lipinski definition) is 0. The van der Waals surface area contributed by atoms with Gasteiger partial charge in [-0.2, -0.15) is 0 Å². The maximum Gasteiger partial charge on any atom is 0 e. The number of hydrogen-bond acceptors (Lipinski definition) is 3. The zero-order valence-corrected chi connectivity index (χ0v) is 18.3. The third-order valence-corrected chi connectivity index (χ3v) is 3.85. The Morgan fingerprint density at radius 2 is 1.35 bits per heavy atom. The Kier molecular flexibility index (Phi) is 17.8. The van der Waals surface area contributed by atoms with Gasteiger partial charge in [0.2, 0.25) is 12.2 Å². The van der Waals surface area contributed by atoms with E-state index >= 15 is 0 Å². The molecule has 3 rings (SSSR count). The topological polar surface area (TPSA) is 100 Å². The maximum absolute atomic E-state index is 13.0. The molecule has 0 unspecified atom stereocenters. The zero-order valence-electron chi connectivity index (χ0n) is 17.1. The van der Waals surface area contributed by atoms with Crippen molar-refractivity contribution >= 4 is 16.7 Å². The Hall–Kier alpha value is -2.68. The van der Waals surface area contributed by atoms with Crippen LogP contribution in [0.3, 0.4) is 0 Å². The molecule has 0 N–H and O–H groups in total. The van der Waals surface area contributed by atoms with E-state index < -0.39 is 6.41 Å². The van der Waals surface area contributed by atoms with Crippen LogP contribution in [0.2, 0.25) is 0 Å². The average Bonchev–Trinajstić information content (AvgIpc) is 3.22. The number of rotatable bonds is 7. The molecular weight excluding hydrogens is 438 g/mol. The molecule has 0 saturated heterocycles. The number of para-hydroxylation sites is 1. The summed E-state index contributed by atoms with van der Waals surface area (Å²) in [6.45, 7) is 18.3. The molecule has 1 heterocycles. The first-order valence-electron chi connectivity index (χ1n) is 8.80. The maximum atomic E-state index is 13.0. The van der Waals surface area contributed by atoms with E-state index in [-0.39, 0.29) is 23.1 Å². The molecule has 0 bridgehead atoms. The number of carbonyl (C=O) groups is 1. The van der Waals surface area contributed by atoms with Gasteiger partial charge < -0.3 is 9.47 Å².